The number of likely N-dealkylation sites (tertiary alicyclic amines) is 1. The molecule has 0 radical (unpaired) electrons. The molecule has 4 nitrogen and oxygen atoms in total. The Kier molecular flexibility index (Phi) is 5.76. The molecule has 25 heavy (non-hydrogen) atoms. The number of ether oxygens (including phenoxy) is 1. The van der Waals surface area contributed by atoms with Gasteiger partial charge in [-0.05, 0) is 43.7 Å². The molecule has 1 saturated heterocycles. The number of carbonyl (C=O) groups is 1. The molecule has 1 aliphatic heterocycles. The number of aliphatic hydroxyl groups excluding tert-OH is 1. The topological polar surface area (TPSA) is 49.8 Å². The Bertz CT molecular complexity index is 705. The fourth-order valence-corrected chi connectivity index (χ4v) is 4.39. The van der Waals surface area contributed by atoms with Crippen molar-refractivity contribution < 1.29 is 14.6 Å². The number of carbonyl (C=O) groups excluding carboxylic acids is 1. The third-order valence-corrected chi connectivity index (χ3v) is 5.91. The highest BCUT2D eigenvalue weighted by Crippen LogP contribution is 2.31. The molecule has 0 spiro atoms. The van der Waals surface area contributed by atoms with Crippen LogP contribution in [-0.2, 0) is 6.42 Å². The van der Waals surface area contributed by atoms with Crippen molar-refractivity contribution in [2.24, 2.45) is 5.92 Å². The van der Waals surface area contributed by atoms with Gasteiger partial charge in [0.05, 0.1) is 13.2 Å². The van der Waals surface area contributed by atoms with Crippen LogP contribution in [-0.4, -0.2) is 42.2 Å². The van der Waals surface area contributed by atoms with E-state index in [2.05, 4.69) is 0 Å². The number of hydrogen-bond acceptors (Lipinski definition) is 4. The van der Waals surface area contributed by atoms with Crippen LogP contribution in [0.3, 0.4) is 0 Å². The minimum Gasteiger partial charge on any atom is -0.495 e. The maximum atomic E-state index is 12.8. The van der Waals surface area contributed by atoms with Gasteiger partial charge < -0.3 is 14.7 Å². The van der Waals surface area contributed by atoms with E-state index in [0.717, 1.165) is 23.3 Å². The highest BCUT2D eigenvalue weighted by atomic mass is 32.1. The second kappa shape index (κ2) is 8.02. The summed E-state index contributed by atoms with van der Waals surface area (Å²) in [5.74, 6) is 0.959. The van der Waals surface area contributed by atoms with Crippen molar-refractivity contribution in [1.82, 2.24) is 4.90 Å². The molecule has 0 saturated carbocycles. The summed E-state index contributed by atoms with van der Waals surface area (Å²) in [7, 11) is 1.60. The lowest BCUT2D eigenvalue weighted by Crippen LogP contribution is -2.41. The minimum atomic E-state index is -0.349. The van der Waals surface area contributed by atoms with Gasteiger partial charge in [0.25, 0.3) is 5.91 Å². The van der Waals surface area contributed by atoms with E-state index < -0.39 is 0 Å². The average molecular weight is 359 g/mol. The van der Waals surface area contributed by atoms with Gasteiger partial charge in [0.15, 0.2) is 0 Å². The third-order valence-electron chi connectivity index (χ3n) is 4.89. The van der Waals surface area contributed by atoms with Gasteiger partial charge in [-0.15, -0.1) is 11.3 Å². The highest BCUT2D eigenvalue weighted by Gasteiger charge is 2.29. The summed E-state index contributed by atoms with van der Waals surface area (Å²) in [4.78, 5) is 16.4. The van der Waals surface area contributed by atoms with E-state index in [1.165, 1.54) is 11.3 Å². The van der Waals surface area contributed by atoms with Gasteiger partial charge in [0.2, 0.25) is 0 Å². The van der Waals surface area contributed by atoms with Crippen molar-refractivity contribution in [3.05, 3.63) is 51.7 Å². The Morgan fingerprint density at radius 1 is 1.32 bits per heavy atom. The number of methoxy groups -OCH3 is 1. The molecular weight excluding hydrogens is 334 g/mol. The Morgan fingerprint density at radius 3 is 2.64 bits per heavy atom. The van der Waals surface area contributed by atoms with E-state index in [4.69, 9.17) is 4.74 Å². The molecule has 1 aromatic heterocycles. The summed E-state index contributed by atoms with van der Waals surface area (Å²) in [5.41, 5.74) is 1.16. The molecule has 0 unspecified atom stereocenters. The van der Waals surface area contributed by atoms with E-state index in [9.17, 15) is 9.90 Å². The number of rotatable bonds is 5. The molecule has 1 N–H and O–H groups in total. The molecular formula is C20H25NO3S. The SMILES string of the molecule is COc1cc(C)sc1C(=O)N1CCC([C@@H](O)Cc2ccccc2)CC1. The average Bonchev–Trinajstić information content (AvgIpc) is 3.03. The number of aryl methyl sites for hydroxylation is 1. The number of amides is 1. The van der Waals surface area contributed by atoms with E-state index >= 15 is 0 Å². The van der Waals surface area contributed by atoms with Crippen molar-refractivity contribution in [1.29, 1.82) is 0 Å². The van der Waals surface area contributed by atoms with Gasteiger partial charge in [0, 0.05) is 18.0 Å². The van der Waals surface area contributed by atoms with Crippen molar-refractivity contribution in [2.75, 3.05) is 20.2 Å². The number of benzene rings is 1. The molecule has 3 rings (SSSR count). The quantitative estimate of drug-likeness (QED) is 0.889. The minimum absolute atomic E-state index is 0.0472. The second-order valence-electron chi connectivity index (χ2n) is 6.64. The van der Waals surface area contributed by atoms with Crippen molar-refractivity contribution in [3.8, 4) is 5.75 Å². The van der Waals surface area contributed by atoms with Gasteiger partial charge in [-0.2, -0.15) is 0 Å². The first kappa shape index (κ1) is 18.0. The standard InChI is InChI=1S/C20H25NO3S/c1-14-12-18(24-2)19(25-14)20(23)21-10-8-16(9-11-21)17(22)13-15-6-4-3-5-7-15/h3-7,12,16-17,22H,8-11,13H2,1-2H3/t17-/m0/s1. The van der Waals surface area contributed by atoms with Crippen molar-refractivity contribution in [3.63, 3.8) is 0 Å². The van der Waals surface area contributed by atoms with Crippen LogP contribution in [0.15, 0.2) is 36.4 Å². The largest absolute Gasteiger partial charge is 0.495 e. The zero-order valence-corrected chi connectivity index (χ0v) is 15.6. The smallest absolute Gasteiger partial charge is 0.267 e. The van der Waals surface area contributed by atoms with Gasteiger partial charge in [-0.25, -0.2) is 0 Å². The fourth-order valence-electron chi connectivity index (χ4n) is 3.44. The molecule has 0 bridgehead atoms. The summed E-state index contributed by atoms with van der Waals surface area (Å²) in [6, 6.07) is 12.0. The molecule has 1 aromatic carbocycles. The van der Waals surface area contributed by atoms with Crippen LogP contribution < -0.4 is 4.74 Å². The second-order valence-corrected chi connectivity index (χ2v) is 7.90. The lowest BCUT2D eigenvalue weighted by molar-refractivity contribution is 0.0469. The lowest BCUT2D eigenvalue weighted by Gasteiger charge is -2.34. The monoisotopic (exact) mass is 359 g/mol. The molecule has 5 heteroatoms. The Labute approximate surface area is 153 Å². The Hall–Kier alpha value is -1.85. The summed E-state index contributed by atoms with van der Waals surface area (Å²) < 4.78 is 5.33. The van der Waals surface area contributed by atoms with Crippen LogP contribution in [0.25, 0.3) is 0 Å². The number of hydrogen-bond donors (Lipinski definition) is 1. The molecule has 1 aliphatic rings. The predicted molar refractivity (Wildman–Crippen MR) is 100 cm³/mol. The maximum Gasteiger partial charge on any atom is 0.267 e. The van der Waals surface area contributed by atoms with Crippen LogP contribution in [0.2, 0.25) is 0 Å². The molecule has 1 amide bonds. The Morgan fingerprint density at radius 2 is 2.00 bits per heavy atom. The fraction of sp³-hybridized carbons (Fsp3) is 0.450. The summed E-state index contributed by atoms with van der Waals surface area (Å²) in [5, 5.41) is 10.5. The lowest BCUT2D eigenvalue weighted by atomic mass is 9.88. The summed E-state index contributed by atoms with van der Waals surface area (Å²) in [6.07, 6.45) is 2.01. The molecule has 0 aliphatic carbocycles. The number of piperidine rings is 1. The van der Waals surface area contributed by atoms with Gasteiger partial charge >= 0.3 is 0 Å². The number of thiophene rings is 1. The first-order valence-electron chi connectivity index (χ1n) is 8.74. The van der Waals surface area contributed by atoms with Crippen LogP contribution in [0.1, 0.15) is 33.0 Å². The van der Waals surface area contributed by atoms with Crippen molar-refractivity contribution in [2.45, 2.75) is 32.3 Å². The first-order valence-corrected chi connectivity index (χ1v) is 9.56. The van der Waals surface area contributed by atoms with Crippen LogP contribution in [0, 0.1) is 12.8 Å². The van der Waals surface area contributed by atoms with Crippen molar-refractivity contribution >= 4 is 17.2 Å². The Balaban J connectivity index is 1.57. The molecule has 1 atom stereocenters. The molecule has 2 heterocycles. The normalized spacial score (nSPS) is 16.7. The number of aliphatic hydroxyl groups is 1. The molecule has 1 fully saturated rings. The molecule has 134 valence electrons. The zero-order chi connectivity index (χ0) is 17.8. The van der Waals surface area contributed by atoms with E-state index in [1.54, 1.807) is 7.11 Å². The third kappa shape index (κ3) is 4.22. The maximum absolute atomic E-state index is 12.8. The van der Waals surface area contributed by atoms with E-state index in [1.807, 2.05) is 48.2 Å². The predicted octanol–water partition coefficient (Wildman–Crippen LogP) is 3.52. The van der Waals surface area contributed by atoms with Gasteiger partial charge in [-0.3, -0.25) is 4.79 Å². The van der Waals surface area contributed by atoms with E-state index in [0.29, 0.717) is 30.1 Å². The first-order chi connectivity index (χ1) is 12.1. The summed E-state index contributed by atoms with van der Waals surface area (Å²) >= 11 is 1.48. The van der Waals surface area contributed by atoms with Crippen LogP contribution >= 0.6 is 11.3 Å². The highest BCUT2D eigenvalue weighted by molar-refractivity contribution is 7.14. The molecule has 2 aromatic rings. The van der Waals surface area contributed by atoms with Gasteiger partial charge in [-0.1, -0.05) is 30.3 Å². The van der Waals surface area contributed by atoms with E-state index in [-0.39, 0.29) is 17.9 Å². The van der Waals surface area contributed by atoms with Crippen LogP contribution in [0.5, 0.6) is 5.75 Å². The van der Waals surface area contributed by atoms with Gasteiger partial charge in [0.1, 0.15) is 10.6 Å². The number of nitrogens with zero attached hydrogens (tertiary/aromatic N) is 1. The van der Waals surface area contributed by atoms with Crippen LogP contribution in [0.4, 0.5) is 0 Å². The summed E-state index contributed by atoms with van der Waals surface area (Å²) in [6.45, 7) is 3.36. The zero-order valence-electron chi connectivity index (χ0n) is 14.8.